The van der Waals surface area contributed by atoms with Crippen molar-refractivity contribution in [3.8, 4) is 0 Å². The van der Waals surface area contributed by atoms with Crippen molar-refractivity contribution in [2.75, 3.05) is 30.8 Å². The Morgan fingerprint density at radius 1 is 1.43 bits per heavy atom. The molecule has 0 radical (unpaired) electrons. The summed E-state index contributed by atoms with van der Waals surface area (Å²) in [5.74, 6) is 0.623. The van der Waals surface area contributed by atoms with E-state index in [0.29, 0.717) is 6.54 Å². The van der Waals surface area contributed by atoms with Crippen molar-refractivity contribution in [1.29, 1.82) is 0 Å². The Morgan fingerprint density at radius 2 is 2.29 bits per heavy atom. The molecule has 5 nitrogen and oxygen atoms in total. The molecule has 0 spiro atoms. The fourth-order valence-electron chi connectivity index (χ4n) is 3.01. The number of fused-ring (bicyclic) bond motifs is 1. The molecule has 0 bridgehead atoms. The summed E-state index contributed by atoms with van der Waals surface area (Å²) < 4.78 is 4.87. The summed E-state index contributed by atoms with van der Waals surface area (Å²) in [6, 6.07) is 7.81. The first kappa shape index (κ1) is 13.7. The lowest BCUT2D eigenvalue weighted by atomic mass is 9.97. The largest absolute Gasteiger partial charge is 0.469 e. The fourth-order valence-corrected chi connectivity index (χ4v) is 3.01. The lowest BCUT2D eigenvalue weighted by molar-refractivity contribution is -0.145. The van der Waals surface area contributed by atoms with E-state index in [-0.39, 0.29) is 11.9 Å². The molecule has 1 saturated heterocycles. The average molecular weight is 285 g/mol. The lowest BCUT2D eigenvalue weighted by Gasteiger charge is -2.33. The predicted octanol–water partition coefficient (Wildman–Crippen LogP) is 2.21. The van der Waals surface area contributed by atoms with Gasteiger partial charge in [-0.1, -0.05) is 12.1 Å². The first-order chi connectivity index (χ1) is 10.2. The molecule has 1 aromatic heterocycles. The number of esters is 1. The minimum absolute atomic E-state index is 0.0919. The number of carbonyl (C=O) groups is 1. The second-order valence-electron chi connectivity index (χ2n) is 5.39. The van der Waals surface area contributed by atoms with Crippen molar-refractivity contribution in [1.82, 2.24) is 4.98 Å². The normalized spacial score (nSPS) is 18.7. The minimum atomic E-state index is -0.145. The molecule has 1 atom stereocenters. The van der Waals surface area contributed by atoms with Crippen LogP contribution in [0.25, 0.3) is 10.8 Å². The zero-order valence-electron chi connectivity index (χ0n) is 12.1. The Bertz CT molecular complexity index is 666. The number of rotatable bonds is 2. The second-order valence-corrected chi connectivity index (χ2v) is 5.39. The summed E-state index contributed by atoms with van der Waals surface area (Å²) in [6.45, 7) is 1.51. The number of carbonyl (C=O) groups excluding carboxylic acids is 1. The Hall–Kier alpha value is -2.30. The summed E-state index contributed by atoms with van der Waals surface area (Å²) in [5.41, 5.74) is 6.84. The molecule has 2 aromatic rings. The minimum Gasteiger partial charge on any atom is -0.469 e. The summed E-state index contributed by atoms with van der Waals surface area (Å²) in [6.07, 6.45) is 3.60. The van der Waals surface area contributed by atoms with Crippen LogP contribution < -0.4 is 10.6 Å². The van der Waals surface area contributed by atoms with Gasteiger partial charge in [0.2, 0.25) is 0 Å². The number of hydrogen-bond acceptors (Lipinski definition) is 5. The van der Waals surface area contributed by atoms with E-state index in [2.05, 4.69) is 9.88 Å². The number of nitrogens with zero attached hydrogens (tertiary/aromatic N) is 2. The highest BCUT2D eigenvalue weighted by Gasteiger charge is 2.28. The van der Waals surface area contributed by atoms with Gasteiger partial charge in [-0.3, -0.25) is 4.79 Å². The molecule has 0 saturated carbocycles. The second kappa shape index (κ2) is 5.60. The lowest BCUT2D eigenvalue weighted by Crippen LogP contribution is -2.39. The monoisotopic (exact) mass is 285 g/mol. The molecule has 1 aromatic carbocycles. The highest BCUT2D eigenvalue weighted by atomic mass is 16.5. The number of nitrogen functional groups attached to an aromatic ring is 1. The molecule has 110 valence electrons. The van der Waals surface area contributed by atoms with Gasteiger partial charge in [0.05, 0.1) is 13.0 Å². The van der Waals surface area contributed by atoms with Crippen LogP contribution in [0.15, 0.2) is 30.5 Å². The maximum absolute atomic E-state index is 11.8. The molecule has 3 rings (SSSR count). The van der Waals surface area contributed by atoms with E-state index in [1.54, 1.807) is 6.20 Å². The quantitative estimate of drug-likeness (QED) is 0.677. The fraction of sp³-hybridized carbons (Fsp3) is 0.375. The number of ether oxygens (including phenoxy) is 1. The van der Waals surface area contributed by atoms with E-state index in [9.17, 15) is 4.79 Å². The van der Waals surface area contributed by atoms with Gasteiger partial charge in [0.15, 0.2) is 0 Å². The van der Waals surface area contributed by atoms with Crippen LogP contribution in [0.5, 0.6) is 0 Å². The van der Waals surface area contributed by atoms with E-state index in [1.165, 1.54) is 7.11 Å². The van der Waals surface area contributed by atoms with Crippen molar-refractivity contribution in [3.05, 3.63) is 30.5 Å². The van der Waals surface area contributed by atoms with Gasteiger partial charge in [-0.05, 0) is 30.4 Å². The van der Waals surface area contributed by atoms with Gasteiger partial charge in [0, 0.05) is 30.4 Å². The predicted molar refractivity (Wildman–Crippen MR) is 83.1 cm³/mol. The van der Waals surface area contributed by atoms with Gasteiger partial charge >= 0.3 is 5.97 Å². The maximum atomic E-state index is 11.8. The van der Waals surface area contributed by atoms with Crippen LogP contribution in [-0.4, -0.2) is 31.2 Å². The van der Waals surface area contributed by atoms with E-state index in [4.69, 9.17) is 10.5 Å². The number of piperidine rings is 1. The maximum Gasteiger partial charge on any atom is 0.310 e. The standard InChI is InChI=1S/C16H19N3O2/c1-21-16(20)12-5-3-9-19(10-12)15-14-11(7-8-18-15)4-2-6-13(14)17/h2,4,6-8,12H,3,5,9-10,17H2,1H3. The van der Waals surface area contributed by atoms with Crippen LogP contribution >= 0.6 is 0 Å². The van der Waals surface area contributed by atoms with Crippen molar-refractivity contribution >= 4 is 28.2 Å². The highest BCUT2D eigenvalue weighted by Crippen LogP contribution is 2.32. The Labute approximate surface area is 123 Å². The van der Waals surface area contributed by atoms with Crippen LogP contribution in [0.1, 0.15) is 12.8 Å². The Balaban J connectivity index is 1.98. The molecular formula is C16H19N3O2. The van der Waals surface area contributed by atoms with Crippen LogP contribution in [0, 0.1) is 5.92 Å². The van der Waals surface area contributed by atoms with Crippen molar-refractivity contribution < 1.29 is 9.53 Å². The number of anilines is 2. The van der Waals surface area contributed by atoms with Gasteiger partial charge in [-0.25, -0.2) is 4.98 Å². The number of benzene rings is 1. The van der Waals surface area contributed by atoms with Crippen molar-refractivity contribution in [3.63, 3.8) is 0 Å². The molecule has 1 aliphatic heterocycles. The summed E-state index contributed by atoms with van der Waals surface area (Å²) in [7, 11) is 1.44. The third kappa shape index (κ3) is 2.51. The molecule has 5 heteroatoms. The smallest absolute Gasteiger partial charge is 0.310 e. The first-order valence-corrected chi connectivity index (χ1v) is 7.16. The summed E-state index contributed by atoms with van der Waals surface area (Å²) >= 11 is 0. The third-order valence-corrected chi connectivity index (χ3v) is 4.06. The molecule has 0 aliphatic carbocycles. The molecule has 1 unspecified atom stereocenters. The Kier molecular flexibility index (Phi) is 3.64. The van der Waals surface area contributed by atoms with E-state index < -0.39 is 0 Å². The summed E-state index contributed by atoms with van der Waals surface area (Å²) in [5, 5.41) is 2.03. The van der Waals surface area contributed by atoms with E-state index in [1.807, 2.05) is 24.3 Å². The average Bonchev–Trinajstić information content (AvgIpc) is 2.54. The van der Waals surface area contributed by atoms with Crippen LogP contribution in [0.2, 0.25) is 0 Å². The number of nitrogens with two attached hydrogens (primary N) is 1. The van der Waals surface area contributed by atoms with Gasteiger partial charge in [-0.2, -0.15) is 0 Å². The molecule has 2 N–H and O–H groups in total. The van der Waals surface area contributed by atoms with Crippen LogP contribution in [-0.2, 0) is 9.53 Å². The molecule has 21 heavy (non-hydrogen) atoms. The van der Waals surface area contributed by atoms with Crippen molar-refractivity contribution in [2.45, 2.75) is 12.8 Å². The topological polar surface area (TPSA) is 68.5 Å². The molecule has 1 aliphatic rings. The zero-order chi connectivity index (χ0) is 14.8. The van der Waals surface area contributed by atoms with Gasteiger partial charge < -0.3 is 15.4 Å². The number of hydrogen-bond donors (Lipinski definition) is 1. The van der Waals surface area contributed by atoms with Crippen molar-refractivity contribution in [2.24, 2.45) is 5.92 Å². The molecular weight excluding hydrogens is 266 g/mol. The van der Waals surface area contributed by atoms with Gasteiger partial charge in [0.25, 0.3) is 0 Å². The number of methoxy groups -OCH3 is 1. The Morgan fingerprint density at radius 3 is 3.10 bits per heavy atom. The number of pyridine rings is 1. The van der Waals surface area contributed by atoms with E-state index >= 15 is 0 Å². The van der Waals surface area contributed by atoms with Crippen LogP contribution in [0.4, 0.5) is 11.5 Å². The van der Waals surface area contributed by atoms with Gasteiger partial charge in [-0.15, -0.1) is 0 Å². The first-order valence-electron chi connectivity index (χ1n) is 7.16. The third-order valence-electron chi connectivity index (χ3n) is 4.06. The molecule has 0 amide bonds. The SMILES string of the molecule is COC(=O)C1CCCN(c2nccc3cccc(N)c23)C1. The van der Waals surface area contributed by atoms with E-state index in [0.717, 1.165) is 41.7 Å². The zero-order valence-corrected chi connectivity index (χ0v) is 12.1. The van der Waals surface area contributed by atoms with Gasteiger partial charge in [0.1, 0.15) is 5.82 Å². The molecule has 2 heterocycles. The highest BCUT2D eigenvalue weighted by molar-refractivity contribution is 6.01. The summed E-state index contributed by atoms with van der Waals surface area (Å²) in [4.78, 5) is 18.4. The number of aromatic nitrogens is 1. The molecule has 1 fully saturated rings. The van der Waals surface area contributed by atoms with Crippen LogP contribution in [0.3, 0.4) is 0 Å².